The molecule has 0 saturated carbocycles. The van der Waals surface area contributed by atoms with Crippen LogP contribution in [-0.2, 0) is 11.2 Å². The molecule has 98 valence electrons. The number of rotatable bonds is 2. The first-order valence-electron chi connectivity index (χ1n) is 6.70. The Kier molecular flexibility index (Phi) is 3.36. The first kappa shape index (κ1) is 12.4. The molecule has 1 heterocycles. The van der Waals surface area contributed by atoms with E-state index in [1.54, 1.807) is 0 Å². The average molecular weight is 254 g/mol. The maximum atomic E-state index is 10.6. The second-order valence-corrected chi connectivity index (χ2v) is 5.04. The van der Waals surface area contributed by atoms with Gasteiger partial charge in [-0.15, -0.1) is 0 Å². The van der Waals surface area contributed by atoms with Crippen LogP contribution in [0.25, 0.3) is 0 Å². The van der Waals surface area contributed by atoms with Crippen LogP contribution in [0.4, 0.5) is 0 Å². The van der Waals surface area contributed by atoms with Crippen molar-refractivity contribution in [3.63, 3.8) is 0 Å². The minimum atomic E-state index is -0.609. The molecular formula is C17H18O2. The summed E-state index contributed by atoms with van der Waals surface area (Å²) < 4.78 is 5.83. The van der Waals surface area contributed by atoms with Crippen LogP contribution in [0.5, 0.6) is 0 Å². The maximum Gasteiger partial charge on any atom is 0.113 e. The van der Waals surface area contributed by atoms with Gasteiger partial charge in [0.1, 0.15) is 12.2 Å². The summed E-state index contributed by atoms with van der Waals surface area (Å²) in [5, 5.41) is 10.6. The molecule has 0 aromatic heterocycles. The summed E-state index contributed by atoms with van der Waals surface area (Å²) in [5.74, 6) is 0. The minimum absolute atomic E-state index is 0.258. The quantitative estimate of drug-likeness (QED) is 0.890. The molecule has 2 aromatic carbocycles. The van der Waals surface area contributed by atoms with Gasteiger partial charge in [-0.25, -0.2) is 0 Å². The Morgan fingerprint density at radius 1 is 1.11 bits per heavy atom. The van der Waals surface area contributed by atoms with Crippen LogP contribution < -0.4 is 0 Å². The van der Waals surface area contributed by atoms with Gasteiger partial charge >= 0.3 is 0 Å². The summed E-state index contributed by atoms with van der Waals surface area (Å²) >= 11 is 0. The standard InChI is InChI=1S/C17H18O2/c1-12-6-2-4-8-14(12)16(18)17-15-9-5-3-7-13(15)10-11-19-17/h2-9,16-18H,10-11H2,1H3. The second kappa shape index (κ2) is 5.16. The summed E-state index contributed by atoms with van der Waals surface area (Å²) in [4.78, 5) is 0. The van der Waals surface area contributed by atoms with E-state index >= 15 is 0 Å². The highest BCUT2D eigenvalue weighted by Gasteiger charge is 2.28. The monoisotopic (exact) mass is 254 g/mol. The van der Waals surface area contributed by atoms with Gasteiger partial charge in [-0.3, -0.25) is 0 Å². The number of hydrogen-bond donors (Lipinski definition) is 1. The third kappa shape index (κ3) is 2.29. The van der Waals surface area contributed by atoms with E-state index in [1.807, 2.05) is 43.3 Å². The number of aliphatic hydroxyl groups excluding tert-OH is 1. The normalized spacial score (nSPS) is 19.8. The van der Waals surface area contributed by atoms with Gasteiger partial charge in [-0.1, -0.05) is 48.5 Å². The van der Waals surface area contributed by atoms with Crippen LogP contribution >= 0.6 is 0 Å². The van der Waals surface area contributed by atoms with Crippen molar-refractivity contribution < 1.29 is 9.84 Å². The van der Waals surface area contributed by atoms with Gasteiger partial charge in [0.05, 0.1) is 6.61 Å². The Bertz CT molecular complexity index is 577. The van der Waals surface area contributed by atoms with E-state index in [1.165, 1.54) is 5.56 Å². The summed E-state index contributed by atoms with van der Waals surface area (Å²) in [6.45, 7) is 2.69. The molecule has 0 saturated heterocycles. The Hall–Kier alpha value is -1.64. The maximum absolute atomic E-state index is 10.6. The van der Waals surface area contributed by atoms with E-state index in [2.05, 4.69) is 12.1 Å². The SMILES string of the molecule is Cc1ccccc1C(O)C1OCCc2ccccc21. The number of benzene rings is 2. The van der Waals surface area contributed by atoms with Crippen molar-refractivity contribution in [1.29, 1.82) is 0 Å². The molecule has 2 atom stereocenters. The topological polar surface area (TPSA) is 29.5 Å². The molecule has 2 nitrogen and oxygen atoms in total. The average Bonchev–Trinajstić information content (AvgIpc) is 2.46. The van der Waals surface area contributed by atoms with Crippen molar-refractivity contribution in [1.82, 2.24) is 0 Å². The van der Waals surface area contributed by atoms with E-state index in [0.717, 1.165) is 23.1 Å². The predicted octanol–water partition coefficient (Wildman–Crippen LogP) is 3.34. The third-order valence-corrected chi connectivity index (χ3v) is 3.82. The van der Waals surface area contributed by atoms with Crippen LogP contribution in [0, 0.1) is 6.92 Å². The Morgan fingerprint density at radius 2 is 1.84 bits per heavy atom. The molecule has 0 bridgehead atoms. The fourth-order valence-electron chi connectivity index (χ4n) is 2.77. The van der Waals surface area contributed by atoms with Gasteiger partial charge in [0, 0.05) is 0 Å². The van der Waals surface area contributed by atoms with E-state index < -0.39 is 6.10 Å². The van der Waals surface area contributed by atoms with Gasteiger partial charge in [0.25, 0.3) is 0 Å². The van der Waals surface area contributed by atoms with E-state index in [4.69, 9.17) is 4.74 Å². The highest BCUT2D eigenvalue weighted by Crippen LogP contribution is 2.37. The second-order valence-electron chi connectivity index (χ2n) is 5.04. The summed E-state index contributed by atoms with van der Waals surface area (Å²) in [5.41, 5.74) is 4.45. The van der Waals surface area contributed by atoms with Crippen LogP contribution in [-0.4, -0.2) is 11.7 Å². The minimum Gasteiger partial charge on any atom is -0.385 e. The zero-order chi connectivity index (χ0) is 13.2. The van der Waals surface area contributed by atoms with Gasteiger partial charge < -0.3 is 9.84 Å². The first-order chi connectivity index (χ1) is 9.27. The molecule has 2 unspecified atom stereocenters. The Balaban J connectivity index is 1.98. The molecule has 0 radical (unpaired) electrons. The Labute approximate surface area is 113 Å². The largest absolute Gasteiger partial charge is 0.385 e. The van der Waals surface area contributed by atoms with Crippen molar-refractivity contribution in [3.8, 4) is 0 Å². The van der Waals surface area contributed by atoms with Crippen LogP contribution in [0.1, 0.15) is 34.5 Å². The van der Waals surface area contributed by atoms with Crippen molar-refractivity contribution in [2.75, 3.05) is 6.61 Å². The lowest BCUT2D eigenvalue weighted by Crippen LogP contribution is -2.22. The summed E-state index contributed by atoms with van der Waals surface area (Å²) in [6.07, 6.45) is 0.0568. The van der Waals surface area contributed by atoms with Crippen molar-refractivity contribution >= 4 is 0 Å². The van der Waals surface area contributed by atoms with Gasteiger partial charge in [-0.05, 0) is 35.6 Å². The fraction of sp³-hybridized carbons (Fsp3) is 0.294. The lowest BCUT2D eigenvalue weighted by atomic mass is 9.90. The smallest absolute Gasteiger partial charge is 0.113 e. The van der Waals surface area contributed by atoms with Crippen molar-refractivity contribution in [3.05, 3.63) is 70.8 Å². The lowest BCUT2D eigenvalue weighted by Gasteiger charge is -2.30. The van der Waals surface area contributed by atoms with E-state index in [0.29, 0.717) is 6.61 Å². The molecule has 1 aliphatic heterocycles. The van der Waals surface area contributed by atoms with E-state index in [-0.39, 0.29) is 6.10 Å². The molecule has 2 heteroatoms. The molecule has 1 N–H and O–H groups in total. The first-order valence-corrected chi connectivity index (χ1v) is 6.70. The number of fused-ring (bicyclic) bond motifs is 1. The predicted molar refractivity (Wildman–Crippen MR) is 75.0 cm³/mol. The van der Waals surface area contributed by atoms with Crippen LogP contribution in [0.15, 0.2) is 48.5 Å². The van der Waals surface area contributed by atoms with Crippen molar-refractivity contribution in [2.45, 2.75) is 25.6 Å². The molecular weight excluding hydrogens is 236 g/mol. The molecule has 0 aliphatic carbocycles. The number of hydrogen-bond acceptors (Lipinski definition) is 2. The molecule has 1 aliphatic rings. The van der Waals surface area contributed by atoms with Gasteiger partial charge in [0.15, 0.2) is 0 Å². The van der Waals surface area contributed by atoms with Crippen LogP contribution in [0.3, 0.4) is 0 Å². The fourth-order valence-corrected chi connectivity index (χ4v) is 2.77. The number of aliphatic hydroxyl groups is 1. The zero-order valence-electron chi connectivity index (χ0n) is 11.0. The molecule has 2 aromatic rings. The lowest BCUT2D eigenvalue weighted by molar-refractivity contribution is -0.0485. The highest BCUT2D eigenvalue weighted by atomic mass is 16.5. The van der Waals surface area contributed by atoms with Gasteiger partial charge in [0.2, 0.25) is 0 Å². The molecule has 0 amide bonds. The zero-order valence-corrected chi connectivity index (χ0v) is 11.0. The van der Waals surface area contributed by atoms with Gasteiger partial charge in [-0.2, -0.15) is 0 Å². The van der Waals surface area contributed by atoms with Crippen LogP contribution in [0.2, 0.25) is 0 Å². The Morgan fingerprint density at radius 3 is 2.68 bits per heavy atom. The third-order valence-electron chi connectivity index (χ3n) is 3.82. The molecule has 0 fully saturated rings. The molecule has 19 heavy (non-hydrogen) atoms. The van der Waals surface area contributed by atoms with Crippen molar-refractivity contribution in [2.24, 2.45) is 0 Å². The molecule has 0 spiro atoms. The van der Waals surface area contributed by atoms with E-state index in [9.17, 15) is 5.11 Å². The summed E-state index contributed by atoms with van der Waals surface area (Å²) in [7, 11) is 0. The number of aryl methyl sites for hydroxylation is 1. The molecule has 3 rings (SSSR count). The summed E-state index contributed by atoms with van der Waals surface area (Å²) in [6, 6.07) is 16.2. The highest BCUT2D eigenvalue weighted by molar-refractivity contribution is 5.35. The number of ether oxygens (including phenoxy) is 1.